The number of anilines is 1. The Hall–Kier alpha value is -2.75. The summed E-state index contributed by atoms with van der Waals surface area (Å²) in [5.41, 5.74) is -0.0319. The number of benzene rings is 1. The van der Waals surface area contributed by atoms with Crippen LogP contribution in [0.2, 0.25) is 0 Å². The van der Waals surface area contributed by atoms with E-state index in [4.69, 9.17) is 9.68 Å². The van der Waals surface area contributed by atoms with Gasteiger partial charge >= 0.3 is 6.18 Å². The van der Waals surface area contributed by atoms with E-state index in [0.29, 0.717) is 11.4 Å². The second kappa shape index (κ2) is 6.76. The summed E-state index contributed by atoms with van der Waals surface area (Å²) in [7, 11) is 1.77. The Morgan fingerprint density at radius 3 is 2.67 bits per heavy atom. The summed E-state index contributed by atoms with van der Waals surface area (Å²) in [5, 5.41) is 8.99. The SMILES string of the molecule is CN(c1ccc(C#N)c(C(F)(F)F)c1)C1C=C(c2cnco2)CCC1(C)C. The zero-order chi connectivity index (χ0) is 19.8. The molecule has 1 aromatic heterocycles. The molecule has 0 radical (unpaired) electrons. The molecule has 2 aromatic rings. The number of nitriles is 1. The number of rotatable bonds is 3. The molecule has 1 atom stereocenters. The van der Waals surface area contributed by atoms with Gasteiger partial charge in [0.1, 0.15) is 5.76 Å². The molecule has 1 aliphatic rings. The minimum absolute atomic E-state index is 0.139. The lowest BCUT2D eigenvalue weighted by Crippen LogP contribution is -2.44. The van der Waals surface area contributed by atoms with E-state index in [0.717, 1.165) is 24.5 Å². The molecule has 0 saturated carbocycles. The molecule has 0 aliphatic heterocycles. The minimum atomic E-state index is -4.58. The van der Waals surface area contributed by atoms with Crippen molar-refractivity contribution in [1.29, 1.82) is 5.26 Å². The standard InChI is InChI=1S/C20H20F3N3O/c1-19(2)7-6-13(17-11-25-12-27-17)8-18(19)26(3)15-5-4-14(10-24)16(9-15)20(21,22)23/h4-5,8-9,11-12,18H,6-7H2,1-3H3. The van der Waals surface area contributed by atoms with Gasteiger partial charge in [0.15, 0.2) is 6.39 Å². The first-order chi connectivity index (χ1) is 12.6. The number of hydrogen-bond acceptors (Lipinski definition) is 4. The van der Waals surface area contributed by atoms with Crippen LogP contribution < -0.4 is 4.90 Å². The van der Waals surface area contributed by atoms with Gasteiger partial charge in [0, 0.05) is 12.7 Å². The van der Waals surface area contributed by atoms with E-state index >= 15 is 0 Å². The largest absolute Gasteiger partial charge is 0.444 e. The molecule has 1 aliphatic carbocycles. The molecular weight excluding hydrogens is 355 g/mol. The molecule has 0 N–H and O–H groups in total. The number of halogens is 3. The van der Waals surface area contributed by atoms with E-state index in [2.05, 4.69) is 18.8 Å². The van der Waals surface area contributed by atoms with Crippen molar-refractivity contribution in [3.05, 3.63) is 53.8 Å². The van der Waals surface area contributed by atoms with Gasteiger partial charge in [0.2, 0.25) is 0 Å². The van der Waals surface area contributed by atoms with Crippen LogP contribution >= 0.6 is 0 Å². The molecule has 142 valence electrons. The molecule has 0 bridgehead atoms. The molecule has 0 spiro atoms. The molecule has 1 aromatic carbocycles. The summed E-state index contributed by atoms with van der Waals surface area (Å²) in [6.45, 7) is 4.19. The fourth-order valence-corrected chi connectivity index (χ4v) is 3.56. The Morgan fingerprint density at radius 2 is 2.07 bits per heavy atom. The van der Waals surface area contributed by atoms with E-state index < -0.39 is 11.7 Å². The highest BCUT2D eigenvalue weighted by Crippen LogP contribution is 2.42. The Morgan fingerprint density at radius 1 is 1.33 bits per heavy atom. The first kappa shape index (κ1) is 19.0. The van der Waals surface area contributed by atoms with Gasteiger partial charge in [0.25, 0.3) is 0 Å². The van der Waals surface area contributed by atoms with Gasteiger partial charge < -0.3 is 9.32 Å². The normalized spacial score (nSPS) is 19.3. The van der Waals surface area contributed by atoms with Gasteiger partial charge in [0.05, 0.1) is 29.4 Å². The highest BCUT2D eigenvalue weighted by atomic mass is 19.4. The van der Waals surface area contributed by atoms with Crippen LogP contribution in [0, 0.1) is 16.7 Å². The molecular formula is C20H20F3N3O. The summed E-state index contributed by atoms with van der Waals surface area (Å²) in [5.74, 6) is 0.680. The molecule has 4 nitrogen and oxygen atoms in total. The summed E-state index contributed by atoms with van der Waals surface area (Å²) >= 11 is 0. The first-order valence-electron chi connectivity index (χ1n) is 8.57. The monoisotopic (exact) mass is 375 g/mol. The third-order valence-electron chi connectivity index (χ3n) is 5.20. The molecule has 3 rings (SSSR count). The lowest BCUT2D eigenvalue weighted by molar-refractivity contribution is -0.137. The quantitative estimate of drug-likeness (QED) is 0.733. The zero-order valence-electron chi connectivity index (χ0n) is 15.3. The van der Waals surface area contributed by atoms with Crippen molar-refractivity contribution in [3.63, 3.8) is 0 Å². The predicted octanol–water partition coefficient (Wildman–Crippen LogP) is 5.27. The van der Waals surface area contributed by atoms with Crippen molar-refractivity contribution < 1.29 is 17.6 Å². The lowest BCUT2D eigenvalue weighted by Gasteiger charge is -2.43. The van der Waals surface area contributed by atoms with Crippen molar-refractivity contribution >= 4 is 11.3 Å². The fourth-order valence-electron chi connectivity index (χ4n) is 3.56. The number of oxazole rings is 1. The van der Waals surface area contributed by atoms with Gasteiger partial charge in [-0.1, -0.05) is 19.9 Å². The van der Waals surface area contributed by atoms with E-state index in [1.807, 2.05) is 11.0 Å². The summed E-state index contributed by atoms with van der Waals surface area (Å²) in [4.78, 5) is 5.77. The highest BCUT2D eigenvalue weighted by molar-refractivity contribution is 5.65. The summed E-state index contributed by atoms with van der Waals surface area (Å²) in [6.07, 6.45) is 2.14. The molecule has 0 fully saturated rings. The van der Waals surface area contributed by atoms with Gasteiger partial charge in [-0.25, -0.2) is 4.98 Å². The molecule has 27 heavy (non-hydrogen) atoms. The maximum atomic E-state index is 13.3. The number of likely N-dealkylation sites (N-methyl/N-ethyl adjacent to an activating group) is 1. The van der Waals surface area contributed by atoms with Gasteiger partial charge in [-0.3, -0.25) is 0 Å². The van der Waals surface area contributed by atoms with Crippen molar-refractivity contribution in [1.82, 2.24) is 4.98 Å². The van der Waals surface area contributed by atoms with Crippen LogP contribution in [0.3, 0.4) is 0 Å². The second-order valence-corrected chi connectivity index (χ2v) is 7.44. The average Bonchev–Trinajstić information content (AvgIpc) is 3.14. The smallest absolute Gasteiger partial charge is 0.417 e. The molecule has 7 heteroatoms. The molecule has 1 heterocycles. The minimum Gasteiger partial charge on any atom is -0.444 e. The van der Waals surface area contributed by atoms with E-state index in [9.17, 15) is 13.2 Å². The topological polar surface area (TPSA) is 53.1 Å². The Labute approximate surface area is 155 Å². The Bertz CT molecular complexity index is 892. The molecule has 0 saturated heterocycles. The van der Waals surface area contributed by atoms with Crippen LogP contribution in [0.15, 0.2) is 41.3 Å². The lowest BCUT2D eigenvalue weighted by atomic mass is 9.73. The van der Waals surface area contributed by atoms with E-state index in [1.54, 1.807) is 25.4 Å². The van der Waals surface area contributed by atoms with Crippen molar-refractivity contribution in [2.45, 2.75) is 38.9 Å². The third kappa shape index (κ3) is 3.70. The van der Waals surface area contributed by atoms with Gasteiger partial charge in [-0.05, 0) is 42.0 Å². The number of hydrogen-bond donors (Lipinski definition) is 0. The highest BCUT2D eigenvalue weighted by Gasteiger charge is 2.37. The van der Waals surface area contributed by atoms with Gasteiger partial charge in [-0.15, -0.1) is 0 Å². The maximum Gasteiger partial charge on any atom is 0.417 e. The van der Waals surface area contributed by atoms with Gasteiger partial charge in [-0.2, -0.15) is 18.4 Å². The van der Waals surface area contributed by atoms with Crippen molar-refractivity contribution in [2.75, 3.05) is 11.9 Å². The predicted molar refractivity (Wildman–Crippen MR) is 95.8 cm³/mol. The Kier molecular flexibility index (Phi) is 4.77. The zero-order valence-corrected chi connectivity index (χ0v) is 15.3. The van der Waals surface area contributed by atoms with Crippen LogP contribution in [0.25, 0.3) is 5.57 Å². The molecule has 1 unspecified atom stereocenters. The van der Waals surface area contributed by atoms with Crippen LogP contribution in [-0.2, 0) is 6.18 Å². The van der Waals surface area contributed by atoms with Crippen LogP contribution in [-0.4, -0.2) is 18.1 Å². The van der Waals surface area contributed by atoms with Crippen molar-refractivity contribution in [3.8, 4) is 6.07 Å². The van der Waals surface area contributed by atoms with Crippen LogP contribution in [0.4, 0.5) is 18.9 Å². The average molecular weight is 375 g/mol. The van der Waals surface area contributed by atoms with Crippen molar-refractivity contribution in [2.24, 2.45) is 5.41 Å². The fraction of sp³-hybridized carbons (Fsp3) is 0.400. The van der Waals surface area contributed by atoms with E-state index in [1.165, 1.54) is 12.5 Å². The molecule has 0 amide bonds. The maximum absolute atomic E-state index is 13.3. The van der Waals surface area contributed by atoms with Crippen LogP contribution in [0.5, 0.6) is 0 Å². The van der Waals surface area contributed by atoms with Crippen LogP contribution in [0.1, 0.15) is 43.6 Å². The summed E-state index contributed by atoms with van der Waals surface area (Å²) < 4.78 is 45.3. The first-order valence-corrected chi connectivity index (χ1v) is 8.57. The number of alkyl halides is 3. The number of nitrogens with zero attached hydrogens (tertiary/aromatic N) is 3. The Balaban J connectivity index is 2.02. The summed E-state index contributed by atoms with van der Waals surface area (Å²) in [6, 6.07) is 5.31. The third-order valence-corrected chi connectivity index (χ3v) is 5.20. The second-order valence-electron chi connectivity index (χ2n) is 7.44. The van der Waals surface area contributed by atoms with E-state index in [-0.39, 0.29) is 17.0 Å². The number of allylic oxidation sites excluding steroid dienone is 1. The number of aromatic nitrogens is 1.